The summed E-state index contributed by atoms with van der Waals surface area (Å²) in [6.07, 6.45) is 8.63. The van der Waals surface area contributed by atoms with Gasteiger partial charge in [-0.1, -0.05) is 5.16 Å². The fourth-order valence-electron chi connectivity index (χ4n) is 6.37. The quantitative estimate of drug-likeness (QED) is 0.142. The second kappa shape index (κ2) is 11.7. The van der Waals surface area contributed by atoms with E-state index in [1.165, 1.54) is 24.4 Å². The molecule has 8 rings (SSSR count). The molecule has 1 saturated carbocycles. The molecule has 1 saturated heterocycles. The number of nitrogens with zero attached hydrogens (tertiary/aromatic N) is 8. The first kappa shape index (κ1) is 28.4. The van der Waals surface area contributed by atoms with Gasteiger partial charge in [-0.15, -0.1) is 0 Å². The van der Waals surface area contributed by atoms with Crippen LogP contribution >= 0.6 is 0 Å². The second-order valence-electron chi connectivity index (χ2n) is 12.0. The standard InChI is InChI=1S/C34H30F2N8O2/c35-24-5-3-21(4-6-24)32-33(28-7-8-31-38-26(20-43(31)40-28)18-29(45)23-9-13-37-30(36)17-23)44(34(39-32)22-1-2-22)27-10-14-42(15-11-27)19-25-12-16-46-41-25/h3-9,12-13,16-17,20,22,27H,1-2,10-11,14-15,18-19H2. The molecule has 232 valence electrons. The molecular weight excluding hydrogens is 590 g/mol. The van der Waals surface area contributed by atoms with Gasteiger partial charge in [-0.05, 0) is 68.1 Å². The van der Waals surface area contributed by atoms with Crippen LogP contribution in [0.25, 0.3) is 28.3 Å². The van der Waals surface area contributed by atoms with Gasteiger partial charge in [-0.25, -0.2) is 23.9 Å². The molecule has 0 unspecified atom stereocenters. The van der Waals surface area contributed by atoms with Gasteiger partial charge in [0.2, 0.25) is 5.95 Å². The van der Waals surface area contributed by atoms with E-state index in [-0.39, 0.29) is 29.6 Å². The van der Waals surface area contributed by atoms with Crippen molar-refractivity contribution in [1.82, 2.24) is 39.2 Å². The highest BCUT2D eigenvalue weighted by atomic mass is 19.1. The number of hydrogen-bond acceptors (Lipinski definition) is 8. The summed E-state index contributed by atoms with van der Waals surface area (Å²) in [5.74, 6) is 0.153. The summed E-state index contributed by atoms with van der Waals surface area (Å²) in [7, 11) is 0. The van der Waals surface area contributed by atoms with Gasteiger partial charge in [-0.2, -0.15) is 9.49 Å². The van der Waals surface area contributed by atoms with E-state index in [2.05, 4.69) is 24.6 Å². The Morgan fingerprint density at radius 3 is 2.50 bits per heavy atom. The van der Waals surface area contributed by atoms with Crippen LogP contribution in [0.4, 0.5) is 8.78 Å². The predicted molar refractivity (Wildman–Crippen MR) is 164 cm³/mol. The van der Waals surface area contributed by atoms with Gasteiger partial charge in [-0.3, -0.25) is 9.69 Å². The van der Waals surface area contributed by atoms with Crippen LogP contribution < -0.4 is 0 Å². The lowest BCUT2D eigenvalue weighted by atomic mass is 10.0. The summed E-state index contributed by atoms with van der Waals surface area (Å²) >= 11 is 0. The van der Waals surface area contributed by atoms with Crippen molar-refractivity contribution in [2.45, 2.75) is 50.6 Å². The number of carbonyl (C=O) groups excluding carboxylic acids is 1. The van der Waals surface area contributed by atoms with Crippen LogP contribution in [-0.2, 0) is 13.0 Å². The number of ketones is 1. The van der Waals surface area contributed by atoms with E-state index in [0.29, 0.717) is 23.0 Å². The molecule has 2 aliphatic rings. The number of hydrogen-bond donors (Lipinski definition) is 0. The van der Waals surface area contributed by atoms with Crippen LogP contribution in [0.5, 0.6) is 0 Å². The average Bonchev–Trinajstić information content (AvgIpc) is 3.43. The monoisotopic (exact) mass is 620 g/mol. The first-order valence-corrected chi connectivity index (χ1v) is 15.5. The van der Waals surface area contributed by atoms with Gasteiger partial charge < -0.3 is 9.09 Å². The molecule has 0 amide bonds. The lowest BCUT2D eigenvalue weighted by molar-refractivity contribution is 0.0991. The topological polar surface area (TPSA) is 107 Å². The SMILES string of the molecule is O=C(Cc1cn2nc(-c3c(-c4ccc(F)cc4)nc(C4CC4)n3C3CCN(Cc4ccon4)CC3)ccc2n1)c1ccnc(F)c1. The molecule has 6 aromatic rings. The fourth-order valence-corrected chi connectivity index (χ4v) is 6.37. The van der Waals surface area contributed by atoms with Crippen LogP contribution in [0.3, 0.4) is 0 Å². The summed E-state index contributed by atoms with van der Waals surface area (Å²) in [6, 6.07) is 15.0. The Hall–Kier alpha value is -5.10. The molecule has 5 aromatic heterocycles. The molecule has 0 spiro atoms. The first-order chi connectivity index (χ1) is 22.5. The van der Waals surface area contributed by atoms with Gasteiger partial charge in [0.15, 0.2) is 11.4 Å². The zero-order valence-electron chi connectivity index (χ0n) is 24.9. The van der Waals surface area contributed by atoms with Crippen LogP contribution in [0.1, 0.15) is 65.2 Å². The molecule has 0 bridgehead atoms. The van der Waals surface area contributed by atoms with Crippen molar-refractivity contribution in [1.29, 1.82) is 0 Å². The molecular formula is C34H30F2N8O2. The van der Waals surface area contributed by atoms with Crippen molar-refractivity contribution >= 4 is 11.4 Å². The van der Waals surface area contributed by atoms with Gasteiger partial charge >= 0.3 is 0 Å². The Labute approximate surface area is 262 Å². The summed E-state index contributed by atoms with van der Waals surface area (Å²) in [5, 5.41) is 9.07. The van der Waals surface area contributed by atoms with E-state index >= 15 is 0 Å². The van der Waals surface area contributed by atoms with Crippen molar-refractivity contribution in [3.05, 3.63) is 108 Å². The molecule has 12 heteroatoms. The Bertz CT molecular complexity index is 2020. The molecule has 46 heavy (non-hydrogen) atoms. The number of Topliss-reactive ketones (excluding diaryl/α,β-unsaturated/α-hetero) is 1. The number of rotatable bonds is 9. The minimum absolute atomic E-state index is 0.000347. The zero-order chi connectivity index (χ0) is 31.2. The number of fused-ring (bicyclic) bond motifs is 1. The lowest BCUT2D eigenvalue weighted by Gasteiger charge is -2.33. The average molecular weight is 621 g/mol. The number of carbonyl (C=O) groups is 1. The number of benzene rings is 1. The first-order valence-electron chi connectivity index (χ1n) is 15.5. The van der Waals surface area contributed by atoms with Gasteiger partial charge in [0, 0.05) is 61.1 Å². The smallest absolute Gasteiger partial charge is 0.213 e. The maximum Gasteiger partial charge on any atom is 0.213 e. The Kier molecular flexibility index (Phi) is 7.21. The highest BCUT2D eigenvalue weighted by Gasteiger charge is 2.36. The number of pyridine rings is 1. The van der Waals surface area contributed by atoms with E-state index in [1.54, 1.807) is 29.1 Å². The highest BCUT2D eigenvalue weighted by Crippen LogP contribution is 2.46. The molecule has 0 atom stereocenters. The molecule has 10 nitrogen and oxygen atoms in total. The normalized spacial score (nSPS) is 16.0. The van der Waals surface area contributed by atoms with Crippen LogP contribution in [-0.4, -0.2) is 58.1 Å². The molecule has 2 fully saturated rings. The van der Waals surface area contributed by atoms with Gasteiger partial charge in [0.05, 0.1) is 35.4 Å². The van der Waals surface area contributed by atoms with Crippen molar-refractivity contribution in [2.75, 3.05) is 13.1 Å². The van der Waals surface area contributed by atoms with Crippen molar-refractivity contribution in [3.63, 3.8) is 0 Å². The number of likely N-dealkylation sites (tertiary alicyclic amines) is 1. The third-order valence-corrected chi connectivity index (χ3v) is 8.80. The van der Waals surface area contributed by atoms with E-state index in [0.717, 1.165) is 79.9 Å². The maximum atomic E-state index is 14.0. The zero-order valence-corrected chi connectivity index (χ0v) is 24.9. The summed E-state index contributed by atoms with van der Waals surface area (Å²) in [4.78, 5) is 28.6. The minimum atomic E-state index is -0.702. The highest BCUT2D eigenvalue weighted by molar-refractivity contribution is 5.97. The second-order valence-corrected chi connectivity index (χ2v) is 12.0. The number of piperidine rings is 1. The maximum absolute atomic E-state index is 14.0. The molecule has 1 aromatic carbocycles. The fraction of sp³-hybridized carbons (Fsp3) is 0.294. The van der Waals surface area contributed by atoms with Crippen molar-refractivity contribution < 1.29 is 18.1 Å². The largest absolute Gasteiger partial charge is 0.364 e. The molecule has 1 aliphatic heterocycles. The van der Waals surface area contributed by atoms with Crippen LogP contribution in [0.15, 0.2) is 77.8 Å². The minimum Gasteiger partial charge on any atom is -0.364 e. The Morgan fingerprint density at radius 1 is 0.935 bits per heavy atom. The summed E-state index contributed by atoms with van der Waals surface area (Å²) in [5.41, 5.74) is 5.48. The third kappa shape index (κ3) is 5.60. The van der Waals surface area contributed by atoms with E-state index < -0.39 is 5.95 Å². The number of imidazole rings is 2. The Balaban J connectivity index is 1.16. The Morgan fingerprint density at radius 2 is 1.76 bits per heavy atom. The van der Waals surface area contributed by atoms with Crippen LogP contribution in [0, 0.1) is 11.8 Å². The van der Waals surface area contributed by atoms with Gasteiger partial charge in [0.1, 0.15) is 23.6 Å². The van der Waals surface area contributed by atoms with E-state index in [9.17, 15) is 13.6 Å². The number of aromatic nitrogens is 7. The summed E-state index contributed by atoms with van der Waals surface area (Å²) < 4.78 is 36.7. The van der Waals surface area contributed by atoms with E-state index in [1.807, 2.05) is 18.2 Å². The predicted octanol–water partition coefficient (Wildman–Crippen LogP) is 6.06. The summed E-state index contributed by atoms with van der Waals surface area (Å²) in [6.45, 7) is 2.55. The molecule has 6 heterocycles. The molecule has 0 radical (unpaired) electrons. The number of halogens is 2. The van der Waals surface area contributed by atoms with E-state index in [4.69, 9.17) is 14.6 Å². The van der Waals surface area contributed by atoms with Gasteiger partial charge in [0.25, 0.3) is 0 Å². The van der Waals surface area contributed by atoms with Crippen molar-refractivity contribution in [2.24, 2.45) is 0 Å². The lowest BCUT2D eigenvalue weighted by Crippen LogP contribution is -2.35. The molecule has 0 N–H and O–H groups in total. The van der Waals surface area contributed by atoms with Crippen LogP contribution in [0.2, 0.25) is 0 Å². The molecule has 1 aliphatic carbocycles. The third-order valence-electron chi connectivity index (χ3n) is 8.80. The van der Waals surface area contributed by atoms with Crippen molar-refractivity contribution in [3.8, 4) is 22.6 Å².